The fourth-order valence-corrected chi connectivity index (χ4v) is 4.23. The lowest BCUT2D eigenvalue weighted by atomic mass is 10.2. The van der Waals surface area contributed by atoms with Crippen LogP contribution in [-0.4, -0.2) is 22.0 Å². The molecule has 0 saturated heterocycles. The number of carbonyl (C=O) groups excluding carboxylic acids is 2. The third-order valence-corrected chi connectivity index (χ3v) is 5.60. The zero-order valence-corrected chi connectivity index (χ0v) is 15.5. The zero-order valence-electron chi connectivity index (χ0n) is 13.8. The highest BCUT2D eigenvalue weighted by atomic mass is 32.2. The highest BCUT2D eigenvalue weighted by Crippen LogP contribution is 2.34. The summed E-state index contributed by atoms with van der Waals surface area (Å²) in [6, 6.07) is 5.21. The van der Waals surface area contributed by atoms with E-state index in [0.717, 1.165) is 22.8 Å². The summed E-state index contributed by atoms with van der Waals surface area (Å²) in [7, 11) is 0. The van der Waals surface area contributed by atoms with Crippen molar-refractivity contribution in [2.45, 2.75) is 17.9 Å². The molecule has 3 heterocycles. The maximum atomic E-state index is 12.9. The van der Waals surface area contributed by atoms with E-state index >= 15 is 0 Å². The maximum absolute atomic E-state index is 12.9. The average Bonchev–Trinajstić information content (AvgIpc) is 3.35. The van der Waals surface area contributed by atoms with Crippen molar-refractivity contribution in [2.75, 3.05) is 10.6 Å². The standard InChI is InChI=1S/C17H13FN4O3S2/c18-10-3-1-9(2-4-10)15(24)21-17-19-11(6-27-17)5-14(23)20-16-12-7-26-8-13(12)22-25-16/h1-4,6H,5,7-8H2,(H,20,23)(H,19,21,24). The topological polar surface area (TPSA) is 97.1 Å². The fourth-order valence-electron chi connectivity index (χ4n) is 2.50. The lowest BCUT2D eigenvalue weighted by Crippen LogP contribution is -2.15. The van der Waals surface area contributed by atoms with Crippen LogP contribution in [0.25, 0.3) is 0 Å². The molecule has 1 aromatic carbocycles. The van der Waals surface area contributed by atoms with Gasteiger partial charge in [0.1, 0.15) is 5.82 Å². The molecular formula is C17H13FN4O3S2. The fraction of sp³-hybridized carbons (Fsp3) is 0.176. The Labute approximate surface area is 161 Å². The molecule has 0 aliphatic carbocycles. The van der Waals surface area contributed by atoms with Gasteiger partial charge in [-0.05, 0) is 24.3 Å². The van der Waals surface area contributed by atoms with Crippen molar-refractivity contribution in [1.82, 2.24) is 10.1 Å². The lowest BCUT2D eigenvalue weighted by Gasteiger charge is -2.02. The van der Waals surface area contributed by atoms with E-state index in [-0.39, 0.29) is 12.3 Å². The molecule has 3 aromatic rings. The molecule has 0 unspecified atom stereocenters. The summed E-state index contributed by atoms with van der Waals surface area (Å²) in [5.41, 5.74) is 2.65. The van der Waals surface area contributed by atoms with Crippen molar-refractivity contribution in [1.29, 1.82) is 0 Å². The van der Waals surface area contributed by atoms with Crippen LogP contribution < -0.4 is 10.6 Å². The minimum Gasteiger partial charge on any atom is -0.338 e. The van der Waals surface area contributed by atoms with Crippen LogP contribution >= 0.6 is 23.1 Å². The van der Waals surface area contributed by atoms with Gasteiger partial charge in [0.15, 0.2) is 5.13 Å². The minimum absolute atomic E-state index is 0.0472. The first-order chi connectivity index (χ1) is 13.1. The molecule has 0 saturated carbocycles. The van der Waals surface area contributed by atoms with Gasteiger partial charge in [-0.1, -0.05) is 5.16 Å². The molecule has 0 radical (unpaired) electrons. The first-order valence-electron chi connectivity index (χ1n) is 7.95. The van der Waals surface area contributed by atoms with Crippen LogP contribution in [0.1, 0.15) is 27.3 Å². The Kier molecular flexibility index (Phi) is 4.90. The third kappa shape index (κ3) is 4.01. The molecule has 2 aromatic heterocycles. The van der Waals surface area contributed by atoms with Crippen LogP contribution in [0.4, 0.5) is 15.4 Å². The van der Waals surface area contributed by atoms with E-state index in [1.54, 1.807) is 17.1 Å². The monoisotopic (exact) mass is 404 g/mol. The molecule has 0 fully saturated rings. The second-order valence-corrected chi connectivity index (χ2v) is 7.60. The van der Waals surface area contributed by atoms with Crippen molar-refractivity contribution in [3.8, 4) is 0 Å². The number of thioether (sulfide) groups is 1. The number of amides is 2. The van der Waals surface area contributed by atoms with Gasteiger partial charge < -0.3 is 4.52 Å². The summed E-state index contributed by atoms with van der Waals surface area (Å²) in [5.74, 6) is 0.871. The quantitative estimate of drug-likeness (QED) is 0.676. The van der Waals surface area contributed by atoms with Crippen LogP contribution in [0.15, 0.2) is 34.2 Å². The van der Waals surface area contributed by atoms with Gasteiger partial charge >= 0.3 is 0 Å². The van der Waals surface area contributed by atoms with E-state index in [1.807, 2.05) is 0 Å². The average molecular weight is 404 g/mol. The Hall–Kier alpha value is -2.72. The minimum atomic E-state index is -0.412. The number of halogens is 1. The van der Waals surface area contributed by atoms with Gasteiger partial charge in [0.25, 0.3) is 5.91 Å². The molecule has 7 nitrogen and oxygen atoms in total. The van der Waals surface area contributed by atoms with E-state index in [9.17, 15) is 14.0 Å². The molecule has 2 amide bonds. The summed E-state index contributed by atoms with van der Waals surface area (Å²) < 4.78 is 18.1. The molecule has 10 heteroatoms. The number of fused-ring (bicyclic) bond motifs is 1. The van der Waals surface area contributed by atoms with Gasteiger partial charge in [-0.25, -0.2) is 9.37 Å². The van der Waals surface area contributed by atoms with E-state index < -0.39 is 11.7 Å². The second kappa shape index (κ2) is 7.49. The smallest absolute Gasteiger partial charge is 0.257 e. The molecule has 138 valence electrons. The SMILES string of the molecule is O=C(Cc1csc(NC(=O)c2ccc(F)cc2)n1)Nc1onc2c1CSC2. The third-order valence-electron chi connectivity index (χ3n) is 3.83. The van der Waals surface area contributed by atoms with E-state index in [1.165, 1.54) is 35.6 Å². The highest BCUT2D eigenvalue weighted by molar-refractivity contribution is 7.98. The van der Waals surface area contributed by atoms with E-state index in [0.29, 0.717) is 22.3 Å². The van der Waals surface area contributed by atoms with Crippen molar-refractivity contribution in [3.63, 3.8) is 0 Å². The molecular weight excluding hydrogens is 391 g/mol. The number of thiazole rings is 1. The summed E-state index contributed by atoms with van der Waals surface area (Å²) in [6.45, 7) is 0. The van der Waals surface area contributed by atoms with Crippen LogP contribution in [0, 0.1) is 5.82 Å². The number of benzene rings is 1. The van der Waals surface area contributed by atoms with Gasteiger partial charge in [0.2, 0.25) is 11.8 Å². The van der Waals surface area contributed by atoms with E-state index in [4.69, 9.17) is 4.52 Å². The molecule has 1 aliphatic rings. The Balaban J connectivity index is 1.35. The van der Waals surface area contributed by atoms with Crippen LogP contribution in [0.5, 0.6) is 0 Å². The highest BCUT2D eigenvalue weighted by Gasteiger charge is 2.23. The maximum Gasteiger partial charge on any atom is 0.257 e. The van der Waals surface area contributed by atoms with Gasteiger partial charge in [-0.3, -0.25) is 20.2 Å². The van der Waals surface area contributed by atoms with Crippen molar-refractivity contribution in [2.24, 2.45) is 0 Å². The number of hydrogen-bond donors (Lipinski definition) is 2. The number of rotatable bonds is 5. The van der Waals surface area contributed by atoms with Gasteiger partial charge in [-0.15, -0.1) is 11.3 Å². The predicted octanol–water partition coefficient (Wildman–Crippen LogP) is 3.45. The molecule has 4 rings (SSSR count). The number of aromatic nitrogens is 2. The number of carbonyl (C=O) groups is 2. The van der Waals surface area contributed by atoms with Gasteiger partial charge in [0, 0.05) is 22.4 Å². The number of anilines is 2. The molecule has 2 N–H and O–H groups in total. The Morgan fingerprint density at radius 1 is 1.19 bits per heavy atom. The lowest BCUT2D eigenvalue weighted by molar-refractivity contribution is -0.115. The molecule has 27 heavy (non-hydrogen) atoms. The largest absolute Gasteiger partial charge is 0.338 e. The molecule has 0 bridgehead atoms. The number of nitrogens with one attached hydrogen (secondary N) is 2. The van der Waals surface area contributed by atoms with Crippen LogP contribution in [0.3, 0.4) is 0 Å². The molecule has 1 aliphatic heterocycles. The Morgan fingerprint density at radius 3 is 2.81 bits per heavy atom. The zero-order chi connectivity index (χ0) is 18.8. The van der Waals surface area contributed by atoms with Crippen molar-refractivity contribution in [3.05, 3.63) is 58.0 Å². The van der Waals surface area contributed by atoms with Crippen LogP contribution in [0.2, 0.25) is 0 Å². The summed E-state index contributed by atoms with van der Waals surface area (Å²) in [5, 5.41) is 11.3. The first kappa shape index (κ1) is 17.7. The Morgan fingerprint density at radius 2 is 2.00 bits per heavy atom. The molecule has 0 atom stereocenters. The summed E-state index contributed by atoms with van der Waals surface area (Å²) >= 11 is 2.93. The van der Waals surface area contributed by atoms with E-state index in [2.05, 4.69) is 20.8 Å². The van der Waals surface area contributed by atoms with Crippen molar-refractivity contribution >= 4 is 45.9 Å². The number of nitrogens with zero attached hydrogens (tertiary/aromatic N) is 2. The summed E-state index contributed by atoms with van der Waals surface area (Å²) in [6.07, 6.45) is 0.0472. The van der Waals surface area contributed by atoms with Crippen LogP contribution in [-0.2, 0) is 22.7 Å². The molecule has 0 spiro atoms. The summed E-state index contributed by atoms with van der Waals surface area (Å²) in [4.78, 5) is 28.5. The normalized spacial score (nSPS) is 12.6. The Bertz CT molecular complexity index is 1000. The van der Waals surface area contributed by atoms with Gasteiger partial charge in [0.05, 0.1) is 23.4 Å². The first-order valence-corrected chi connectivity index (χ1v) is 9.98. The predicted molar refractivity (Wildman–Crippen MR) is 100 cm³/mol. The van der Waals surface area contributed by atoms with Gasteiger partial charge in [-0.2, -0.15) is 11.8 Å². The second-order valence-electron chi connectivity index (χ2n) is 5.76. The van der Waals surface area contributed by atoms with Crippen molar-refractivity contribution < 1.29 is 18.5 Å². The number of hydrogen-bond acceptors (Lipinski definition) is 7.